The van der Waals surface area contributed by atoms with E-state index in [2.05, 4.69) is 4.98 Å². The zero-order chi connectivity index (χ0) is 19.9. The van der Waals surface area contributed by atoms with E-state index in [-0.39, 0.29) is 24.8 Å². The topological polar surface area (TPSA) is 62.6 Å². The van der Waals surface area contributed by atoms with Gasteiger partial charge in [0.25, 0.3) is 5.56 Å². The lowest BCUT2D eigenvalue weighted by Gasteiger charge is -2.12. The Labute approximate surface area is 158 Å². The molecule has 10 heteroatoms. The summed E-state index contributed by atoms with van der Waals surface area (Å²) < 4.78 is 54.5. The first-order chi connectivity index (χ1) is 12.8. The van der Waals surface area contributed by atoms with Crippen molar-refractivity contribution < 1.29 is 27.4 Å². The average Bonchev–Trinajstić information content (AvgIpc) is 2.63. The molecule has 0 saturated heterocycles. The Morgan fingerprint density at radius 3 is 2.67 bits per heavy atom. The Kier molecular flexibility index (Phi) is 7.69. The molecule has 0 saturated carbocycles. The standard InChI is InChI=1S/C17H19F3N2O4S/c1-3-25-11-26-14-6-13(8-22(10-24-2)16(14)23)27-9-12-4-5-15(21-7-12)17(18,19)20/h4-8H,3,9-11H2,1-2H3. The second-order valence-corrected chi connectivity index (χ2v) is 6.37. The largest absolute Gasteiger partial charge is 0.462 e. The highest BCUT2D eigenvalue weighted by atomic mass is 32.2. The monoisotopic (exact) mass is 404 g/mol. The molecule has 0 radical (unpaired) electrons. The molecule has 0 aliphatic rings. The number of hydrogen-bond donors (Lipinski definition) is 0. The molecule has 2 aromatic rings. The third-order valence-electron chi connectivity index (χ3n) is 3.32. The summed E-state index contributed by atoms with van der Waals surface area (Å²) in [6.07, 6.45) is -1.68. The van der Waals surface area contributed by atoms with Gasteiger partial charge in [0.15, 0.2) is 12.5 Å². The molecule has 148 valence electrons. The molecule has 0 aliphatic carbocycles. The zero-order valence-electron chi connectivity index (χ0n) is 14.8. The van der Waals surface area contributed by atoms with Crippen LogP contribution in [0.5, 0.6) is 5.75 Å². The highest BCUT2D eigenvalue weighted by Crippen LogP contribution is 2.29. The van der Waals surface area contributed by atoms with E-state index in [9.17, 15) is 18.0 Å². The SMILES string of the molecule is CCOCOc1cc(SCc2ccc(C(F)(F)F)nc2)cn(COC)c1=O. The van der Waals surface area contributed by atoms with Gasteiger partial charge in [-0.05, 0) is 18.6 Å². The van der Waals surface area contributed by atoms with Crippen LogP contribution in [-0.4, -0.2) is 30.1 Å². The number of hydrogen-bond acceptors (Lipinski definition) is 6. The maximum Gasteiger partial charge on any atom is 0.433 e. The lowest BCUT2D eigenvalue weighted by molar-refractivity contribution is -0.141. The number of nitrogens with zero attached hydrogens (tertiary/aromatic N) is 2. The van der Waals surface area contributed by atoms with Gasteiger partial charge >= 0.3 is 6.18 Å². The molecule has 0 spiro atoms. The number of ether oxygens (including phenoxy) is 3. The molecule has 2 aromatic heterocycles. The molecule has 0 atom stereocenters. The molecule has 6 nitrogen and oxygen atoms in total. The Bertz CT molecular complexity index is 794. The summed E-state index contributed by atoms with van der Waals surface area (Å²) in [4.78, 5) is 16.4. The molecule has 27 heavy (non-hydrogen) atoms. The van der Waals surface area contributed by atoms with Gasteiger partial charge in [0.05, 0.1) is 0 Å². The third kappa shape index (κ3) is 6.26. The third-order valence-corrected chi connectivity index (χ3v) is 4.35. The molecule has 0 aromatic carbocycles. The van der Waals surface area contributed by atoms with Gasteiger partial charge in [-0.1, -0.05) is 6.07 Å². The number of rotatable bonds is 9. The zero-order valence-corrected chi connectivity index (χ0v) is 15.6. The van der Waals surface area contributed by atoms with Crippen molar-refractivity contribution in [1.29, 1.82) is 0 Å². The Morgan fingerprint density at radius 2 is 2.07 bits per heavy atom. The van der Waals surface area contributed by atoms with E-state index < -0.39 is 11.9 Å². The van der Waals surface area contributed by atoms with E-state index in [1.54, 1.807) is 19.2 Å². The van der Waals surface area contributed by atoms with E-state index in [0.717, 1.165) is 6.07 Å². The van der Waals surface area contributed by atoms with Crippen LogP contribution in [0.1, 0.15) is 18.2 Å². The van der Waals surface area contributed by atoms with Crippen molar-refractivity contribution in [2.45, 2.75) is 30.5 Å². The highest BCUT2D eigenvalue weighted by molar-refractivity contribution is 7.98. The van der Waals surface area contributed by atoms with Gasteiger partial charge in [0, 0.05) is 42.8 Å². The van der Waals surface area contributed by atoms with Crippen LogP contribution in [0, 0.1) is 0 Å². The molecular weight excluding hydrogens is 385 g/mol. The van der Waals surface area contributed by atoms with Crippen LogP contribution in [0.4, 0.5) is 13.2 Å². The van der Waals surface area contributed by atoms with Crippen LogP contribution in [-0.2, 0) is 28.1 Å². The van der Waals surface area contributed by atoms with Gasteiger partial charge < -0.3 is 14.2 Å². The van der Waals surface area contributed by atoms with Crippen molar-refractivity contribution in [3.05, 3.63) is 52.2 Å². The summed E-state index contributed by atoms with van der Waals surface area (Å²) in [5.41, 5.74) is -0.678. The van der Waals surface area contributed by atoms with Crippen molar-refractivity contribution in [2.75, 3.05) is 20.5 Å². The lowest BCUT2D eigenvalue weighted by Crippen LogP contribution is -2.23. The first kappa shape index (κ1) is 21.3. The molecule has 0 N–H and O–H groups in total. The first-order valence-corrected chi connectivity index (χ1v) is 8.92. The van der Waals surface area contributed by atoms with Crippen LogP contribution in [0.25, 0.3) is 0 Å². The minimum absolute atomic E-state index is 0.0417. The van der Waals surface area contributed by atoms with Crippen molar-refractivity contribution in [1.82, 2.24) is 9.55 Å². The minimum atomic E-state index is -4.46. The lowest BCUT2D eigenvalue weighted by atomic mass is 10.3. The van der Waals surface area contributed by atoms with E-state index in [1.165, 1.54) is 35.7 Å². The molecule has 0 bridgehead atoms. The minimum Gasteiger partial charge on any atom is -0.462 e. The van der Waals surface area contributed by atoms with Crippen LogP contribution in [0.3, 0.4) is 0 Å². The van der Waals surface area contributed by atoms with Crippen LogP contribution >= 0.6 is 11.8 Å². The number of methoxy groups -OCH3 is 1. The number of halogens is 3. The van der Waals surface area contributed by atoms with Crippen molar-refractivity contribution in [2.24, 2.45) is 0 Å². The first-order valence-electron chi connectivity index (χ1n) is 7.94. The predicted molar refractivity (Wildman–Crippen MR) is 93.6 cm³/mol. The number of alkyl halides is 3. The molecule has 0 aliphatic heterocycles. The fourth-order valence-electron chi connectivity index (χ4n) is 2.03. The Hall–Kier alpha value is -2.04. The van der Waals surface area contributed by atoms with Gasteiger partial charge in [-0.25, -0.2) is 0 Å². The number of thioether (sulfide) groups is 1. The molecule has 0 amide bonds. The predicted octanol–water partition coefficient (Wildman–Crippen LogP) is 3.53. The fourth-order valence-corrected chi connectivity index (χ4v) is 2.93. The maximum absolute atomic E-state index is 12.6. The van der Waals surface area contributed by atoms with Gasteiger partial charge in [-0.15, -0.1) is 11.8 Å². The maximum atomic E-state index is 12.6. The molecular formula is C17H19F3N2O4S. The summed E-state index contributed by atoms with van der Waals surface area (Å²) >= 11 is 1.33. The molecule has 2 rings (SSSR count). The van der Waals surface area contributed by atoms with Crippen molar-refractivity contribution in [3.63, 3.8) is 0 Å². The summed E-state index contributed by atoms with van der Waals surface area (Å²) in [5, 5.41) is 0. The van der Waals surface area contributed by atoms with E-state index in [4.69, 9.17) is 14.2 Å². The smallest absolute Gasteiger partial charge is 0.433 e. The van der Waals surface area contributed by atoms with E-state index in [0.29, 0.717) is 22.8 Å². The second-order valence-electron chi connectivity index (χ2n) is 5.33. The number of aromatic nitrogens is 2. The highest BCUT2D eigenvalue weighted by Gasteiger charge is 2.31. The van der Waals surface area contributed by atoms with Crippen molar-refractivity contribution >= 4 is 11.8 Å². The number of pyridine rings is 2. The summed E-state index contributed by atoms with van der Waals surface area (Å²) in [6.45, 7) is 2.23. The molecule has 0 unspecified atom stereocenters. The van der Waals surface area contributed by atoms with Crippen LogP contribution in [0.2, 0.25) is 0 Å². The van der Waals surface area contributed by atoms with E-state index in [1.807, 2.05) is 0 Å². The van der Waals surface area contributed by atoms with Gasteiger partial charge in [0.1, 0.15) is 12.4 Å². The van der Waals surface area contributed by atoms with Gasteiger partial charge in [-0.2, -0.15) is 13.2 Å². The van der Waals surface area contributed by atoms with Gasteiger partial charge in [0.2, 0.25) is 0 Å². The van der Waals surface area contributed by atoms with Crippen LogP contribution in [0.15, 0.2) is 40.3 Å². The van der Waals surface area contributed by atoms with E-state index >= 15 is 0 Å². The molecule has 2 heterocycles. The van der Waals surface area contributed by atoms with Crippen LogP contribution < -0.4 is 10.3 Å². The Balaban J connectivity index is 2.13. The average molecular weight is 404 g/mol. The quantitative estimate of drug-likeness (QED) is 0.362. The fraction of sp³-hybridized carbons (Fsp3) is 0.412. The normalized spacial score (nSPS) is 11.6. The molecule has 0 fully saturated rings. The Morgan fingerprint density at radius 1 is 1.30 bits per heavy atom. The summed E-state index contributed by atoms with van der Waals surface area (Å²) in [6, 6.07) is 3.88. The van der Waals surface area contributed by atoms with Crippen molar-refractivity contribution in [3.8, 4) is 5.75 Å². The second kappa shape index (κ2) is 9.77. The summed E-state index contributed by atoms with van der Waals surface area (Å²) in [7, 11) is 1.46. The summed E-state index contributed by atoms with van der Waals surface area (Å²) in [5.74, 6) is 0.484. The van der Waals surface area contributed by atoms with Gasteiger partial charge in [-0.3, -0.25) is 14.3 Å².